The summed E-state index contributed by atoms with van der Waals surface area (Å²) in [5.41, 5.74) is 3.45. The number of aromatic nitrogens is 1. The monoisotopic (exact) mass is 314 g/mol. The van der Waals surface area contributed by atoms with E-state index < -0.39 is 0 Å². The molecule has 3 rings (SSSR count). The third-order valence-corrected chi connectivity index (χ3v) is 5.08. The van der Waals surface area contributed by atoms with E-state index in [1.165, 1.54) is 18.4 Å². The first kappa shape index (κ1) is 15.2. The molecule has 0 atom stereocenters. The number of benzene rings is 1. The van der Waals surface area contributed by atoms with Gasteiger partial charge in [0, 0.05) is 23.4 Å². The Bertz CT molecular complexity index is 627. The van der Waals surface area contributed by atoms with E-state index in [2.05, 4.69) is 39.9 Å². The first-order valence-corrected chi connectivity index (χ1v) is 8.89. The molecule has 1 aliphatic rings. The summed E-state index contributed by atoms with van der Waals surface area (Å²) in [4.78, 5) is 16.5. The van der Waals surface area contributed by atoms with Gasteiger partial charge in [-0.25, -0.2) is 4.98 Å². The molecule has 0 radical (unpaired) electrons. The second-order valence-corrected chi connectivity index (χ2v) is 7.03. The van der Waals surface area contributed by atoms with Gasteiger partial charge in [0.05, 0.1) is 10.7 Å². The van der Waals surface area contributed by atoms with Crippen LogP contribution in [0.5, 0.6) is 0 Å². The lowest BCUT2D eigenvalue weighted by Crippen LogP contribution is -2.30. The van der Waals surface area contributed by atoms with Crippen LogP contribution >= 0.6 is 11.3 Å². The molecule has 0 bridgehead atoms. The molecule has 0 saturated heterocycles. The van der Waals surface area contributed by atoms with Gasteiger partial charge in [-0.1, -0.05) is 37.1 Å². The van der Waals surface area contributed by atoms with E-state index in [1.54, 1.807) is 11.3 Å². The van der Waals surface area contributed by atoms with Crippen molar-refractivity contribution >= 4 is 17.2 Å². The Kier molecular flexibility index (Phi) is 4.88. The lowest BCUT2D eigenvalue weighted by Gasteiger charge is -2.10. The lowest BCUT2D eigenvalue weighted by atomic mass is 10.1. The van der Waals surface area contributed by atoms with Gasteiger partial charge in [0.2, 0.25) is 5.91 Å². The second-order valence-electron chi connectivity index (χ2n) is 5.97. The third-order valence-electron chi connectivity index (χ3n) is 4.31. The average molecular weight is 314 g/mol. The number of rotatable bonds is 5. The van der Waals surface area contributed by atoms with Crippen molar-refractivity contribution in [2.75, 3.05) is 6.54 Å². The maximum absolute atomic E-state index is 12.0. The predicted molar refractivity (Wildman–Crippen MR) is 91.0 cm³/mol. The largest absolute Gasteiger partial charge is 0.356 e. The van der Waals surface area contributed by atoms with E-state index in [0.717, 1.165) is 42.1 Å². The summed E-state index contributed by atoms with van der Waals surface area (Å²) in [5, 5.41) is 6.25. The van der Waals surface area contributed by atoms with E-state index in [-0.39, 0.29) is 11.8 Å². The molecular formula is C18H22N2OS. The van der Waals surface area contributed by atoms with Crippen molar-refractivity contribution in [1.82, 2.24) is 10.3 Å². The van der Waals surface area contributed by atoms with Crippen LogP contribution in [0.3, 0.4) is 0 Å². The summed E-state index contributed by atoms with van der Waals surface area (Å²) in [6.45, 7) is 2.75. The smallest absolute Gasteiger partial charge is 0.223 e. The number of hydrogen-bond donors (Lipinski definition) is 1. The van der Waals surface area contributed by atoms with Crippen molar-refractivity contribution in [3.63, 3.8) is 0 Å². The molecule has 116 valence electrons. The number of hydrogen-bond acceptors (Lipinski definition) is 3. The standard InChI is InChI=1S/C18H22N2OS/c1-13-20-17(12-22-13)15-8-6-14(7-9-15)10-11-19-18(21)16-4-2-3-5-16/h6-9,12,16H,2-5,10-11H2,1H3,(H,19,21). The van der Waals surface area contributed by atoms with E-state index in [4.69, 9.17) is 0 Å². The van der Waals surface area contributed by atoms with Gasteiger partial charge in [-0.3, -0.25) is 4.79 Å². The molecule has 1 aliphatic carbocycles. The van der Waals surface area contributed by atoms with Crippen LogP contribution in [0.2, 0.25) is 0 Å². The van der Waals surface area contributed by atoms with E-state index in [1.807, 2.05) is 6.92 Å². The van der Waals surface area contributed by atoms with Crippen molar-refractivity contribution in [1.29, 1.82) is 0 Å². The van der Waals surface area contributed by atoms with E-state index >= 15 is 0 Å². The van der Waals surface area contributed by atoms with Crippen LogP contribution in [0.25, 0.3) is 11.3 Å². The topological polar surface area (TPSA) is 42.0 Å². The Morgan fingerprint density at radius 1 is 1.27 bits per heavy atom. The summed E-state index contributed by atoms with van der Waals surface area (Å²) in [6.07, 6.45) is 5.42. The fourth-order valence-electron chi connectivity index (χ4n) is 3.00. The van der Waals surface area contributed by atoms with E-state index in [0.29, 0.717) is 0 Å². The van der Waals surface area contributed by atoms with Crippen molar-refractivity contribution in [3.8, 4) is 11.3 Å². The van der Waals surface area contributed by atoms with Crippen LogP contribution in [0, 0.1) is 12.8 Å². The molecule has 0 spiro atoms. The van der Waals surface area contributed by atoms with Crippen molar-refractivity contribution in [2.24, 2.45) is 5.92 Å². The van der Waals surface area contributed by atoms with Crippen LogP contribution in [-0.4, -0.2) is 17.4 Å². The molecule has 3 nitrogen and oxygen atoms in total. The zero-order chi connectivity index (χ0) is 15.4. The normalized spacial score (nSPS) is 15.1. The number of nitrogens with one attached hydrogen (secondary N) is 1. The highest BCUT2D eigenvalue weighted by Gasteiger charge is 2.21. The molecule has 1 aromatic carbocycles. The van der Waals surface area contributed by atoms with Crippen LogP contribution in [0.15, 0.2) is 29.6 Å². The van der Waals surface area contributed by atoms with Gasteiger partial charge in [-0.05, 0) is 31.7 Å². The minimum atomic E-state index is 0.243. The fraction of sp³-hybridized carbons (Fsp3) is 0.444. The van der Waals surface area contributed by atoms with Crippen LogP contribution in [0.4, 0.5) is 0 Å². The Labute approximate surface area is 135 Å². The number of carbonyl (C=O) groups excluding carboxylic acids is 1. The first-order valence-electron chi connectivity index (χ1n) is 8.01. The van der Waals surface area contributed by atoms with Crippen molar-refractivity contribution in [3.05, 3.63) is 40.2 Å². The molecule has 0 unspecified atom stereocenters. The second kappa shape index (κ2) is 7.05. The van der Waals surface area contributed by atoms with Crippen LogP contribution in [-0.2, 0) is 11.2 Å². The molecule has 1 heterocycles. The molecular weight excluding hydrogens is 292 g/mol. The molecule has 1 aromatic heterocycles. The summed E-state index contributed by atoms with van der Waals surface area (Å²) in [6, 6.07) is 8.49. The highest BCUT2D eigenvalue weighted by Crippen LogP contribution is 2.24. The number of carbonyl (C=O) groups is 1. The number of nitrogens with zero attached hydrogens (tertiary/aromatic N) is 1. The molecule has 1 fully saturated rings. The predicted octanol–water partition coefficient (Wildman–Crippen LogP) is 3.97. The highest BCUT2D eigenvalue weighted by molar-refractivity contribution is 7.09. The molecule has 2 aromatic rings. The molecule has 1 N–H and O–H groups in total. The molecule has 1 saturated carbocycles. The van der Waals surface area contributed by atoms with Gasteiger partial charge in [0.1, 0.15) is 0 Å². The SMILES string of the molecule is Cc1nc(-c2ccc(CCNC(=O)C3CCCC3)cc2)cs1. The Hall–Kier alpha value is -1.68. The Balaban J connectivity index is 1.50. The lowest BCUT2D eigenvalue weighted by molar-refractivity contribution is -0.124. The maximum atomic E-state index is 12.0. The zero-order valence-electron chi connectivity index (χ0n) is 13.0. The third kappa shape index (κ3) is 3.74. The van der Waals surface area contributed by atoms with Gasteiger partial charge in [-0.15, -0.1) is 11.3 Å². The van der Waals surface area contributed by atoms with Crippen molar-refractivity contribution < 1.29 is 4.79 Å². The fourth-order valence-corrected chi connectivity index (χ4v) is 3.62. The molecule has 0 aliphatic heterocycles. The van der Waals surface area contributed by atoms with E-state index in [9.17, 15) is 4.79 Å². The van der Waals surface area contributed by atoms with Crippen LogP contribution in [0.1, 0.15) is 36.3 Å². The number of thiazole rings is 1. The Morgan fingerprint density at radius 2 is 2.00 bits per heavy atom. The Morgan fingerprint density at radius 3 is 2.64 bits per heavy atom. The average Bonchev–Trinajstić information content (AvgIpc) is 3.19. The maximum Gasteiger partial charge on any atom is 0.223 e. The summed E-state index contributed by atoms with van der Waals surface area (Å²) >= 11 is 1.67. The number of amides is 1. The summed E-state index contributed by atoms with van der Waals surface area (Å²) in [5.74, 6) is 0.502. The molecule has 22 heavy (non-hydrogen) atoms. The quantitative estimate of drug-likeness (QED) is 0.907. The van der Waals surface area contributed by atoms with Gasteiger partial charge in [0.15, 0.2) is 0 Å². The van der Waals surface area contributed by atoms with Gasteiger partial charge >= 0.3 is 0 Å². The minimum Gasteiger partial charge on any atom is -0.356 e. The zero-order valence-corrected chi connectivity index (χ0v) is 13.8. The summed E-state index contributed by atoms with van der Waals surface area (Å²) in [7, 11) is 0. The summed E-state index contributed by atoms with van der Waals surface area (Å²) < 4.78 is 0. The van der Waals surface area contributed by atoms with Gasteiger partial charge < -0.3 is 5.32 Å². The molecule has 1 amide bonds. The first-order chi connectivity index (χ1) is 10.7. The van der Waals surface area contributed by atoms with Crippen molar-refractivity contribution in [2.45, 2.75) is 39.0 Å². The van der Waals surface area contributed by atoms with Gasteiger partial charge in [0.25, 0.3) is 0 Å². The van der Waals surface area contributed by atoms with Gasteiger partial charge in [-0.2, -0.15) is 0 Å². The highest BCUT2D eigenvalue weighted by atomic mass is 32.1. The van der Waals surface area contributed by atoms with Crippen LogP contribution < -0.4 is 5.32 Å². The molecule has 4 heteroatoms. The number of aryl methyl sites for hydroxylation is 1. The minimum absolute atomic E-state index is 0.243.